The number of nitrogens with one attached hydrogen (secondary N) is 1. The third-order valence-electron chi connectivity index (χ3n) is 3.05. The molecular weight excluding hydrogens is 371 g/mol. The number of nitrogens with two attached hydrogens (primary N) is 2. The van der Waals surface area contributed by atoms with Gasteiger partial charge in [-0.05, 0) is 17.5 Å². The quantitative estimate of drug-likeness (QED) is 0.453. The number of nitrogen functional groups attached to an aromatic ring is 1. The van der Waals surface area contributed by atoms with E-state index in [1.165, 1.54) is 0 Å². The zero-order valence-corrected chi connectivity index (χ0v) is 14.0. The second kappa shape index (κ2) is 8.74. The number of hydrogen-bond acceptors (Lipinski definition) is 5. The Morgan fingerprint density at radius 3 is 2.22 bits per heavy atom. The number of methoxy groups -OCH3 is 1. The second-order valence-corrected chi connectivity index (χ2v) is 5.03. The van der Waals surface area contributed by atoms with Crippen LogP contribution >= 0.6 is 0 Å². The summed E-state index contributed by atoms with van der Waals surface area (Å²) >= 11 is 0. The molecule has 2 rings (SSSR count). The molecule has 0 spiro atoms. The summed E-state index contributed by atoms with van der Waals surface area (Å²) < 4.78 is 42.3. The highest BCUT2D eigenvalue weighted by molar-refractivity contribution is 6.01. The topological polar surface area (TPSA) is 149 Å². The highest BCUT2D eigenvalue weighted by Crippen LogP contribution is 2.32. The number of carbonyl (C=O) groups excluding carboxylic acids is 1. The van der Waals surface area contributed by atoms with Crippen molar-refractivity contribution >= 4 is 28.5 Å². The molecule has 0 aliphatic rings. The van der Waals surface area contributed by atoms with Gasteiger partial charge in [0.05, 0.1) is 7.11 Å². The van der Waals surface area contributed by atoms with Crippen LogP contribution in [0.3, 0.4) is 0 Å². The number of carbonyl (C=O) groups is 2. The summed E-state index contributed by atoms with van der Waals surface area (Å²) in [4.78, 5) is 19.7. The maximum absolute atomic E-state index is 10.9. The third kappa shape index (κ3) is 6.38. The number of aliphatic carboxylic acids is 1. The lowest BCUT2D eigenvalue weighted by Crippen LogP contribution is -2.21. The van der Waals surface area contributed by atoms with Crippen molar-refractivity contribution in [2.45, 2.75) is 6.18 Å². The summed E-state index contributed by atoms with van der Waals surface area (Å²) in [5.74, 6) is -2.30. The summed E-state index contributed by atoms with van der Waals surface area (Å²) in [5, 5.41) is 16.2. The van der Waals surface area contributed by atoms with E-state index in [0.717, 1.165) is 10.8 Å². The van der Waals surface area contributed by atoms with Crippen LogP contribution in [0.2, 0.25) is 0 Å². The molecule has 0 radical (unpaired) electrons. The van der Waals surface area contributed by atoms with Crippen LogP contribution < -0.4 is 20.9 Å². The highest BCUT2D eigenvalue weighted by Gasteiger charge is 2.38. The van der Waals surface area contributed by atoms with E-state index in [1.807, 2.05) is 12.1 Å². The minimum Gasteiger partial charge on any atom is -0.497 e. The summed E-state index contributed by atoms with van der Waals surface area (Å²) in [5.41, 5.74) is 11.1. The van der Waals surface area contributed by atoms with Crippen molar-refractivity contribution in [3.05, 3.63) is 35.9 Å². The molecule has 1 amide bonds. The fourth-order valence-electron chi connectivity index (χ4n) is 1.85. The zero-order valence-electron chi connectivity index (χ0n) is 14.0. The van der Waals surface area contributed by atoms with E-state index in [0.29, 0.717) is 17.1 Å². The van der Waals surface area contributed by atoms with Gasteiger partial charge in [-0.25, -0.2) is 4.79 Å². The molecule has 0 aliphatic carbocycles. The summed E-state index contributed by atoms with van der Waals surface area (Å²) in [6.45, 7) is -0.230. The number of benzene rings is 2. The number of primary amides is 1. The molecule has 0 bridgehead atoms. The van der Waals surface area contributed by atoms with Gasteiger partial charge in [0.25, 0.3) is 5.91 Å². The molecule has 8 nitrogen and oxygen atoms in total. The Balaban J connectivity index is 0.000000445. The fraction of sp³-hybridized carbons (Fsp3) is 0.188. The summed E-state index contributed by atoms with van der Waals surface area (Å²) in [7, 11) is 1.54. The van der Waals surface area contributed by atoms with Gasteiger partial charge in [0.2, 0.25) is 0 Å². The first-order chi connectivity index (χ1) is 12.5. The van der Waals surface area contributed by atoms with Gasteiger partial charge in [-0.2, -0.15) is 13.2 Å². The number of fused-ring (bicyclic) bond motifs is 1. The van der Waals surface area contributed by atoms with E-state index in [-0.39, 0.29) is 12.4 Å². The molecule has 2 aromatic carbocycles. The van der Waals surface area contributed by atoms with Gasteiger partial charge in [-0.3, -0.25) is 10.2 Å². The number of carboxylic acids is 1. The Bertz CT molecular complexity index is 868. The highest BCUT2D eigenvalue weighted by atomic mass is 19.4. The predicted molar refractivity (Wildman–Crippen MR) is 89.9 cm³/mol. The maximum atomic E-state index is 10.9. The standard InChI is InChI=1S/C14H15N3O3.C2HF3O2/c1-19-10-4-8-2-3-9(14(16)17)5-11(8)12(6-10)20-7-13(15)18;3-2(4,5)1(6)7/h2-6H,7H2,1H3,(H2,15,18)(H3,16,17);(H,6,7). The summed E-state index contributed by atoms with van der Waals surface area (Å²) in [6, 6.07) is 8.77. The molecule has 0 atom stereocenters. The largest absolute Gasteiger partial charge is 0.497 e. The number of amides is 1. The van der Waals surface area contributed by atoms with Crippen LogP contribution in [0.25, 0.3) is 10.8 Å². The molecule has 27 heavy (non-hydrogen) atoms. The monoisotopic (exact) mass is 387 g/mol. The predicted octanol–water partition coefficient (Wildman–Crippen LogP) is 1.63. The van der Waals surface area contributed by atoms with E-state index in [9.17, 15) is 18.0 Å². The lowest BCUT2D eigenvalue weighted by Gasteiger charge is -2.11. The number of rotatable bonds is 5. The van der Waals surface area contributed by atoms with E-state index in [2.05, 4.69) is 0 Å². The van der Waals surface area contributed by atoms with Crippen molar-refractivity contribution in [1.82, 2.24) is 0 Å². The smallest absolute Gasteiger partial charge is 0.490 e. The lowest BCUT2D eigenvalue weighted by molar-refractivity contribution is -0.192. The Labute approximate surface area is 151 Å². The number of ether oxygens (including phenoxy) is 2. The Kier molecular flexibility index (Phi) is 6.97. The number of halogens is 3. The molecule has 0 fully saturated rings. The van der Waals surface area contributed by atoms with Gasteiger partial charge in [-0.15, -0.1) is 0 Å². The van der Waals surface area contributed by atoms with Crippen LogP contribution in [-0.2, 0) is 9.59 Å². The lowest BCUT2D eigenvalue weighted by atomic mass is 10.1. The van der Waals surface area contributed by atoms with E-state index in [1.54, 1.807) is 25.3 Å². The molecule has 0 unspecified atom stereocenters. The Morgan fingerprint density at radius 2 is 1.78 bits per heavy atom. The third-order valence-corrected chi connectivity index (χ3v) is 3.05. The molecule has 0 saturated carbocycles. The van der Waals surface area contributed by atoms with E-state index < -0.39 is 18.1 Å². The average molecular weight is 387 g/mol. The van der Waals surface area contributed by atoms with Gasteiger partial charge in [0, 0.05) is 17.0 Å². The van der Waals surface area contributed by atoms with Crippen molar-refractivity contribution in [3.63, 3.8) is 0 Å². The number of carboxylic acid groups (broad SMARTS) is 1. The van der Waals surface area contributed by atoms with Crippen LogP contribution in [0.4, 0.5) is 13.2 Å². The van der Waals surface area contributed by atoms with Crippen LogP contribution in [0.15, 0.2) is 30.3 Å². The first kappa shape index (κ1) is 21.5. The Hall–Kier alpha value is -3.50. The van der Waals surface area contributed by atoms with Crippen molar-refractivity contribution < 1.29 is 37.3 Å². The van der Waals surface area contributed by atoms with Gasteiger partial charge < -0.3 is 26.0 Å². The molecule has 6 N–H and O–H groups in total. The maximum Gasteiger partial charge on any atom is 0.490 e. The van der Waals surface area contributed by atoms with Gasteiger partial charge >= 0.3 is 12.1 Å². The first-order valence-electron chi connectivity index (χ1n) is 7.13. The van der Waals surface area contributed by atoms with Crippen LogP contribution in [0.5, 0.6) is 11.5 Å². The molecular formula is C16H16F3N3O5. The summed E-state index contributed by atoms with van der Waals surface area (Å²) in [6.07, 6.45) is -5.08. The molecule has 0 saturated heterocycles. The minimum atomic E-state index is -5.08. The number of alkyl halides is 3. The Morgan fingerprint density at radius 1 is 1.19 bits per heavy atom. The number of hydrogen-bond donors (Lipinski definition) is 4. The normalized spacial score (nSPS) is 10.5. The van der Waals surface area contributed by atoms with Crippen molar-refractivity contribution in [2.75, 3.05) is 13.7 Å². The van der Waals surface area contributed by atoms with Gasteiger partial charge in [-0.1, -0.05) is 12.1 Å². The van der Waals surface area contributed by atoms with Gasteiger partial charge in [0.1, 0.15) is 17.3 Å². The fourth-order valence-corrected chi connectivity index (χ4v) is 1.85. The van der Waals surface area contributed by atoms with Crippen LogP contribution in [0, 0.1) is 5.41 Å². The van der Waals surface area contributed by atoms with Crippen LogP contribution in [-0.4, -0.2) is 42.7 Å². The molecule has 11 heteroatoms. The zero-order chi connectivity index (χ0) is 20.8. The second-order valence-electron chi connectivity index (χ2n) is 5.03. The minimum absolute atomic E-state index is 0.0384. The number of amidine groups is 1. The van der Waals surface area contributed by atoms with E-state index >= 15 is 0 Å². The molecule has 2 aromatic rings. The SMILES string of the molecule is COc1cc(OCC(N)=O)c2cc(C(=N)N)ccc2c1.O=C(O)C(F)(F)F. The van der Waals surface area contributed by atoms with Crippen molar-refractivity contribution in [1.29, 1.82) is 5.41 Å². The van der Waals surface area contributed by atoms with Crippen molar-refractivity contribution in [3.8, 4) is 11.5 Å². The van der Waals surface area contributed by atoms with Crippen LogP contribution in [0.1, 0.15) is 5.56 Å². The average Bonchev–Trinajstić information content (AvgIpc) is 2.58. The van der Waals surface area contributed by atoms with Gasteiger partial charge in [0.15, 0.2) is 6.61 Å². The van der Waals surface area contributed by atoms with E-state index in [4.69, 9.17) is 36.3 Å². The first-order valence-corrected chi connectivity index (χ1v) is 7.13. The molecule has 0 aromatic heterocycles. The molecule has 146 valence electrons. The van der Waals surface area contributed by atoms with Crippen molar-refractivity contribution in [2.24, 2.45) is 11.5 Å². The molecule has 0 heterocycles. The molecule has 0 aliphatic heterocycles.